The van der Waals surface area contributed by atoms with Gasteiger partial charge in [0.1, 0.15) is 6.10 Å². The lowest BCUT2D eigenvalue weighted by molar-refractivity contribution is -0.132. The molecule has 74 valence electrons. The van der Waals surface area contributed by atoms with E-state index in [0.29, 0.717) is 18.6 Å². The molecule has 1 N–H and O–H groups in total. The first-order chi connectivity index (χ1) is 6.06. The van der Waals surface area contributed by atoms with Gasteiger partial charge < -0.3 is 14.6 Å². The van der Waals surface area contributed by atoms with Crippen LogP contribution in [-0.4, -0.2) is 29.7 Å². The number of rotatable bonds is 2. The first kappa shape index (κ1) is 10.4. The normalized spacial score (nSPS) is 37.2. The molecule has 0 aromatic carbocycles. The van der Waals surface area contributed by atoms with Gasteiger partial charge in [-0.2, -0.15) is 0 Å². The highest BCUT2D eigenvalue weighted by Gasteiger charge is 2.31. The van der Waals surface area contributed by atoms with Crippen LogP contribution in [0.15, 0.2) is 12.2 Å². The maximum atomic E-state index is 10.3. The molecular weight excluding hydrogens is 168 g/mol. The van der Waals surface area contributed by atoms with E-state index < -0.39 is 12.2 Å². The minimum atomic E-state index is -1.02. The van der Waals surface area contributed by atoms with Gasteiger partial charge in [-0.3, -0.25) is 0 Å². The molecule has 0 saturated carbocycles. The second kappa shape index (κ2) is 4.03. The van der Waals surface area contributed by atoms with Gasteiger partial charge in [0.15, 0.2) is 6.29 Å². The number of carbonyl (C=O) groups is 1. The van der Waals surface area contributed by atoms with Gasteiger partial charge in [-0.15, -0.1) is 0 Å². The van der Waals surface area contributed by atoms with Crippen LogP contribution >= 0.6 is 0 Å². The van der Waals surface area contributed by atoms with Gasteiger partial charge in [-0.05, 0) is 13.3 Å². The van der Waals surface area contributed by atoms with Crippen molar-refractivity contribution >= 4 is 6.29 Å². The average Bonchev–Trinajstić information content (AvgIpc) is 2.12. The molecule has 1 unspecified atom stereocenters. The van der Waals surface area contributed by atoms with Crippen LogP contribution in [0.25, 0.3) is 0 Å². The summed E-state index contributed by atoms with van der Waals surface area (Å²) in [5, 5.41) is 9.27. The van der Waals surface area contributed by atoms with Crippen LogP contribution in [0.5, 0.6) is 0 Å². The Labute approximate surface area is 78.4 Å². The minimum Gasteiger partial charge on any atom is -0.383 e. The second-order valence-electron chi connectivity index (χ2n) is 3.66. The van der Waals surface area contributed by atoms with Crippen LogP contribution in [0.1, 0.15) is 20.3 Å². The van der Waals surface area contributed by atoms with Gasteiger partial charge in [-0.1, -0.05) is 19.1 Å². The van der Waals surface area contributed by atoms with Crippen LogP contribution in [-0.2, 0) is 9.53 Å². The number of aliphatic hydroxyl groups excluding tert-OH is 1. The van der Waals surface area contributed by atoms with Crippen LogP contribution in [0.3, 0.4) is 0 Å². The molecule has 1 fully saturated rings. The molecule has 1 rings (SSSR count). The Kier molecular flexibility index (Phi) is 3.22. The van der Waals surface area contributed by atoms with Gasteiger partial charge in [0.2, 0.25) is 0 Å². The standard InChI is InChI=1S/C10H16O3/c1-6-4-10(9(12)5-11)13-8(3)7(6)2/h5,7-10,12H,1,4H2,2-3H3/t7-,8-,9-,10?/m1/s1. The van der Waals surface area contributed by atoms with E-state index in [0.717, 1.165) is 5.57 Å². The molecule has 0 aromatic heterocycles. The van der Waals surface area contributed by atoms with E-state index in [4.69, 9.17) is 4.74 Å². The highest BCUT2D eigenvalue weighted by molar-refractivity contribution is 5.56. The molecule has 3 nitrogen and oxygen atoms in total. The quantitative estimate of drug-likeness (QED) is 0.512. The Balaban J connectivity index is 2.63. The zero-order chi connectivity index (χ0) is 10.0. The van der Waals surface area contributed by atoms with Crippen molar-refractivity contribution in [3.05, 3.63) is 12.2 Å². The summed E-state index contributed by atoms with van der Waals surface area (Å²) in [7, 11) is 0. The molecule has 1 aliphatic rings. The maximum absolute atomic E-state index is 10.3. The van der Waals surface area contributed by atoms with Gasteiger partial charge in [0.05, 0.1) is 12.2 Å². The third kappa shape index (κ3) is 2.17. The Morgan fingerprint density at radius 2 is 2.31 bits per heavy atom. The highest BCUT2D eigenvalue weighted by Crippen LogP contribution is 2.29. The van der Waals surface area contributed by atoms with Gasteiger partial charge in [0, 0.05) is 5.92 Å². The van der Waals surface area contributed by atoms with Crippen molar-refractivity contribution < 1.29 is 14.6 Å². The summed E-state index contributed by atoms with van der Waals surface area (Å²) in [6.45, 7) is 7.87. The molecule has 4 atom stereocenters. The van der Waals surface area contributed by atoms with Crippen molar-refractivity contribution in [2.24, 2.45) is 5.92 Å². The Hall–Kier alpha value is -0.670. The van der Waals surface area contributed by atoms with Crippen LogP contribution in [0.4, 0.5) is 0 Å². The molecule has 1 saturated heterocycles. The third-order valence-electron chi connectivity index (χ3n) is 2.72. The van der Waals surface area contributed by atoms with Crippen molar-refractivity contribution in [1.82, 2.24) is 0 Å². The summed E-state index contributed by atoms with van der Waals surface area (Å²) in [4.78, 5) is 10.3. The Bertz CT molecular complexity index is 212. The number of hydrogen-bond donors (Lipinski definition) is 1. The minimum absolute atomic E-state index is 0.0286. The Morgan fingerprint density at radius 3 is 2.77 bits per heavy atom. The lowest BCUT2D eigenvalue weighted by Gasteiger charge is -2.35. The van der Waals surface area contributed by atoms with Crippen molar-refractivity contribution in [2.75, 3.05) is 0 Å². The highest BCUT2D eigenvalue weighted by atomic mass is 16.5. The largest absolute Gasteiger partial charge is 0.383 e. The number of carbonyl (C=O) groups excluding carboxylic acids is 1. The zero-order valence-electron chi connectivity index (χ0n) is 8.06. The van der Waals surface area contributed by atoms with Crippen LogP contribution in [0, 0.1) is 5.92 Å². The van der Waals surface area contributed by atoms with Crippen LogP contribution < -0.4 is 0 Å². The van der Waals surface area contributed by atoms with Crippen molar-refractivity contribution in [1.29, 1.82) is 0 Å². The molecule has 0 aliphatic carbocycles. The SMILES string of the molecule is C=C1CC([C@H](O)C=O)O[C@H](C)[C@@H]1C. The first-order valence-corrected chi connectivity index (χ1v) is 4.52. The molecule has 0 radical (unpaired) electrons. The maximum Gasteiger partial charge on any atom is 0.151 e. The number of ether oxygens (including phenoxy) is 1. The van der Waals surface area contributed by atoms with E-state index in [1.807, 2.05) is 13.8 Å². The summed E-state index contributed by atoms with van der Waals surface area (Å²) in [6.07, 6.45) is -0.310. The zero-order valence-corrected chi connectivity index (χ0v) is 8.06. The summed E-state index contributed by atoms with van der Waals surface area (Å²) in [5.41, 5.74) is 1.05. The van der Waals surface area contributed by atoms with E-state index in [-0.39, 0.29) is 6.10 Å². The van der Waals surface area contributed by atoms with Crippen molar-refractivity contribution in [3.8, 4) is 0 Å². The topological polar surface area (TPSA) is 46.5 Å². The molecule has 3 heteroatoms. The lowest BCUT2D eigenvalue weighted by Crippen LogP contribution is -2.40. The van der Waals surface area contributed by atoms with E-state index in [9.17, 15) is 9.90 Å². The first-order valence-electron chi connectivity index (χ1n) is 4.52. The summed E-state index contributed by atoms with van der Waals surface area (Å²) >= 11 is 0. The van der Waals surface area contributed by atoms with Gasteiger partial charge in [-0.25, -0.2) is 0 Å². The van der Waals surface area contributed by atoms with E-state index in [1.54, 1.807) is 0 Å². The summed E-state index contributed by atoms with van der Waals surface area (Å²) < 4.78 is 5.48. The fourth-order valence-electron chi connectivity index (χ4n) is 1.51. The third-order valence-corrected chi connectivity index (χ3v) is 2.72. The molecule has 13 heavy (non-hydrogen) atoms. The summed E-state index contributed by atoms with van der Waals surface area (Å²) in [5.74, 6) is 0.301. The average molecular weight is 184 g/mol. The predicted octanol–water partition coefficient (Wildman–Crippen LogP) is 0.916. The summed E-state index contributed by atoms with van der Waals surface area (Å²) in [6, 6.07) is 0. The Morgan fingerprint density at radius 1 is 1.69 bits per heavy atom. The number of hydrogen-bond acceptors (Lipinski definition) is 3. The molecule has 0 amide bonds. The number of aldehydes is 1. The fraction of sp³-hybridized carbons (Fsp3) is 0.700. The second-order valence-corrected chi connectivity index (χ2v) is 3.66. The van der Waals surface area contributed by atoms with E-state index in [2.05, 4.69) is 6.58 Å². The number of aliphatic hydroxyl groups is 1. The molecule has 1 aliphatic heterocycles. The molecule has 0 aromatic rings. The lowest BCUT2D eigenvalue weighted by atomic mass is 9.88. The smallest absolute Gasteiger partial charge is 0.151 e. The molecule has 1 heterocycles. The van der Waals surface area contributed by atoms with Crippen LogP contribution in [0.2, 0.25) is 0 Å². The molecule has 0 spiro atoms. The molecular formula is C10H16O3. The van der Waals surface area contributed by atoms with Gasteiger partial charge in [0.25, 0.3) is 0 Å². The monoisotopic (exact) mass is 184 g/mol. The molecule has 0 bridgehead atoms. The van der Waals surface area contributed by atoms with Crippen molar-refractivity contribution in [3.63, 3.8) is 0 Å². The predicted molar refractivity (Wildman–Crippen MR) is 49.3 cm³/mol. The fourth-order valence-corrected chi connectivity index (χ4v) is 1.51. The van der Waals surface area contributed by atoms with E-state index in [1.165, 1.54) is 0 Å². The van der Waals surface area contributed by atoms with Crippen molar-refractivity contribution in [2.45, 2.75) is 38.6 Å². The van der Waals surface area contributed by atoms with E-state index >= 15 is 0 Å². The van der Waals surface area contributed by atoms with Gasteiger partial charge >= 0.3 is 0 Å².